The van der Waals surface area contributed by atoms with E-state index in [0.29, 0.717) is 24.7 Å². The van der Waals surface area contributed by atoms with E-state index in [1.165, 1.54) is 0 Å². The van der Waals surface area contributed by atoms with Crippen LogP contribution in [0.5, 0.6) is 0 Å². The number of anilines is 1. The highest BCUT2D eigenvalue weighted by atomic mass is 16.1. The summed E-state index contributed by atoms with van der Waals surface area (Å²) in [4.78, 5) is 16.2. The molecular formula is C15H25N3O. The van der Waals surface area contributed by atoms with E-state index in [0.717, 1.165) is 30.5 Å². The number of nitrogens with one attached hydrogen (secondary N) is 1. The van der Waals surface area contributed by atoms with Gasteiger partial charge in [-0.2, -0.15) is 0 Å². The molecule has 0 aliphatic rings. The molecule has 1 heterocycles. The van der Waals surface area contributed by atoms with Gasteiger partial charge < -0.3 is 11.1 Å². The summed E-state index contributed by atoms with van der Waals surface area (Å²) < 4.78 is 0. The lowest BCUT2D eigenvalue weighted by atomic mass is 9.96. The molecule has 0 saturated carbocycles. The number of aromatic nitrogens is 1. The second-order valence-electron chi connectivity index (χ2n) is 5.11. The molecule has 0 fully saturated rings. The van der Waals surface area contributed by atoms with E-state index in [-0.39, 0.29) is 5.91 Å². The molecule has 1 atom stereocenters. The number of pyridine rings is 1. The number of nitrogens with two attached hydrogens (primary N) is 1. The smallest absolute Gasteiger partial charge is 0.225 e. The van der Waals surface area contributed by atoms with Crippen LogP contribution >= 0.6 is 0 Å². The Morgan fingerprint density at radius 3 is 2.68 bits per heavy atom. The first-order valence-electron chi connectivity index (χ1n) is 7.00. The fourth-order valence-corrected chi connectivity index (χ4v) is 2.23. The molecule has 3 N–H and O–H groups in total. The maximum Gasteiger partial charge on any atom is 0.225 e. The minimum atomic E-state index is 0.0352. The van der Waals surface area contributed by atoms with Crippen molar-refractivity contribution in [2.75, 3.05) is 11.9 Å². The molecule has 1 unspecified atom stereocenters. The molecule has 4 nitrogen and oxygen atoms in total. The van der Waals surface area contributed by atoms with Gasteiger partial charge in [0.15, 0.2) is 0 Å². The van der Waals surface area contributed by atoms with Crippen LogP contribution in [0.4, 0.5) is 5.82 Å². The van der Waals surface area contributed by atoms with Crippen LogP contribution in [0.25, 0.3) is 0 Å². The standard InChI is InChI=1S/C15H25N3O/c1-4-13(7-8-16)5-6-15(19)18-14-10-11(2)9-12(3)17-14/h9-10,13H,4-8,16H2,1-3H3,(H,17,18,19). The van der Waals surface area contributed by atoms with Crippen molar-refractivity contribution in [1.82, 2.24) is 4.98 Å². The number of aryl methyl sites for hydroxylation is 2. The van der Waals surface area contributed by atoms with Gasteiger partial charge in [0.2, 0.25) is 5.91 Å². The number of hydrogen-bond acceptors (Lipinski definition) is 3. The third kappa shape index (κ3) is 5.83. The molecular weight excluding hydrogens is 238 g/mol. The van der Waals surface area contributed by atoms with Gasteiger partial charge in [-0.1, -0.05) is 13.3 Å². The van der Waals surface area contributed by atoms with Crippen LogP contribution in [0, 0.1) is 19.8 Å². The van der Waals surface area contributed by atoms with E-state index in [1.54, 1.807) is 0 Å². The van der Waals surface area contributed by atoms with E-state index in [2.05, 4.69) is 17.2 Å². The highest BCUT2D eigenvalue weighted by molar-refractivity contribution is 5.89. The second-order valence-corrected chi connectivity index (χ2v) is 5.11. The number of hydrogen-bond donors (Lipinski definition) is 2. The van der Waals surface area contributed by atoms with E-state index in [1.807, 2.05) is 26.0 Å². The lowest BCUT2D eigenvalue weighted by molar-refractivity contribution is -0.116. The van der Waals surface area contributed by atoms with Gasteiger partial charge in [0.25, 0.3) is 0 Å². The summed E-state index contributed by atoms with van der Waals surface area (Å²) in [5.74, 6) is 1.23. The molecule has 0 aliphatic carbocycles. The molecule has 0 aliphatic heterocycles. The molecule has 1 aromatic rings. The summed E-state index contributed by atoms with van der Waals surface area (Å²) in [5.41, 5.74) is 7.59. The van der Waals surface area contributed by atoms with Gasteiger partial charge in [0, 0.05) is 12.1 Å². The number of carbonyl (C=O) groups is 1. The maximum absolute atomic E-state index is 11.9. The zero-order valence-electron chi connectivity index (χ0n) is 12.2. The Kier molecular flexibility index (Phi) is 6.50. The lowest BCUT2D eigenvalue weighted by Gasteiger charge is -2.13. The van der Waals surface area contributed by atoms with Gasteiger partial charge >= 0.3 is 0 Å². The van der Waals surface area contributed by atoms with Gasteiger partial charge in [-0.25, -0.2) is 4.98 Å². The molecule has 0 spiro atoms. The molecule has 0 radical (unpaired) electrons. The molecule has 1 amide bonds. The van der Waals surface area contributed by atoms with Crippen molar-refractivity contribution in [2.45, 2.75) is 46.5 Å². The highest BCUT2D eigenvalue weighted by Crippen LogP contribution is 2.15. The Balaban J connectivity index is 2.46. The quantitative estimate of drug-likeness (QED) is 0.795. The third-order valence-corrected chi connectivity index (χ3v) is 3.30. The average Bonchev–Trinajstić information content (AvgIpc) is 2.33. The number of nitrogens with zero attached hydrogens (tertiary/aromatic N) is 1. The van der Waals surface area contributed by atoms with Gasteiger partial charge in [-0.15, -0.1) is 0 Å². The summed E-state index contributed by atoms with van der Waals surface area (Å²) in [7, 11) is 0. The number of amides is 1. The van der Waals surface area contributed by atoms with E-state index >= 15 is 0 Å². The van der Waals surface area contributed by atoms with Gasteiger partial charge in [0.1, 0.15) is 5.82 Å². The molecule has 1 aromatic heterocycles. The Bertz CT molecular complexity index is 398. The highest BCUT2D eigenvalue weighted by Gasteiger charge is 2.10. The van der Waals surface area contributed by atoms with Crippen LogP contribution in [0.3, 0.4) is 0 Å². The fourth-order valence-electron chi connectivity index (χ4n) is 2.23. The van der Waals surface area contributed by atoms with Crippen LogP contribution in [0.1, 0.15) is 43.9 Å². The first-order chi connectivity index (χ1) is 9.05. The monoisotopic (exact) mass is 263 g/mol. The number of rotatable bonds is 7. The summed E-state index contributed by atoms with van der Waals surface area (Å²) in [6.07, 6.45) is 3.50. The Hall–Kier alpha value is -1.42. The topological polar surface area (TPSA) is 68.0 Å². The van der Waals surface area contributed by atoms with Crippen molar-refractivity contribution >= 4 is 11.7 Å². The average molecular weight is 263 g/mol. The first kappa shape index (κ1) is 15.6. The van der Waals surface area contributed by atoms with Crippen LogP contribution in [-0.2, 0) is 4.79 Å². The summed E-state index contributed by atoms with van der Waals surface area (Å²) in [5, 5.41) is 2.86. The van der Waals surface area contributed by atoms with Gasteiger partial charge in [-0.3, -0.25) is 4.79 Å². The minimum Gasteiger partial charge on any atom is -0.330 e. The normalized spacial score (nSPS) is 12.2. The predicted octanol–water partition coefficient (Wildman–Crippen LogP) is 2.79. The zero-order valence-corrected chi connectivity index (χ0v) is 12.2. The Morgan fingerprint density at radius 2 is 2.11 bits per heavy atom. The summed E-state index contributed by atoms with van der Waals surface area (Å²) in [6, 6.07) is 3.88. The number of carbonyl (C=O) groups excluding carboxylic acids is 1. The molecule has 19 heavy (non-hydrogen) atoms. The van der Waals surface area contributed by atoms with Crippen molar-refractivity contribution < 1.29 is 4.79 Å². The lowest BCUT2D eigenvalue weighted by Crippen LogP contribution is -2.16. The zero-order chi connectivity index (χ0) is 14.3. The third-order valence-electron chi connectivity index (χ3n) is 3.30. The van der Waals surface area contributed by atoms with Crippen molar-refractivity contribution in [3.63, 3.8) is 0 Å². The first-order valence-corrected chi connectivity index (χ1v) is 7.00. The maximum atomic E-state index is 11.9. The Morgan fingerprint density at radius 1 is 1.37 bits per heavy atom. The van der Waals surface area contributed by atoms with E-state index in [4.69, 9.17) is 5.73 Å². The molecule has 0 bridgehead atoms. The Labute approximate surface area is 115 Å². The molecule has 0 saturated heterocycles. The molecule has 0 aromatic carbocycles. The van der Waals surface area contributed by atoms with Gasteiger partial charge in [0.05, 0.1) is 0 Å². The summed E-state index contributed by atoms with van der Waals surface area (Å²) >= 11 is 0. The van der Waals surface area contributed by atoms with Gasteiger partial charge in [-0.05, 0) is 56.8 Å². The van der Waals surface area contributed by atoms with Crippen molar-refractivity contribution in [3.05, 3.63) is 23.4 Å². The largest absolute Gasteiger partial charge is 0.330 e. The minimum absolute atomic E-state index is 0.0352. The van der Waals surface area contributed by atoms with Crippen LogP contribution in [-0.4, -0.2) is 17.4 Å². The molecule has 4 heteroatoms. The van der Waals surface area contributed by atoms with Crippen molar-refractivity contribution in [2.24, 2.45) is 11.7 Å². The molecule has 106 valence electrons. The van der Waals surface area contributed by atoms with E-state index < -0.39 is 0 Å². The van der Waals surface area contributed by atoms with Crippen molar-refractivity contribution in [3.8, 4) is 0 Å². The second kappa shape index (κ2) is 7.89. The van der Waals surface area contributed by atoms with Crippen LogP contribution in [0.15, 0.2) is 12.1 Å². The van der Waals surface area contributed by atoms with Crippen LogP contribution in [0.2, 0.25) is 0 Å². The van der Waals surface area contributed by atoms with Crippen LogP contribution < -0.4 is 11.1 Å². The SMILES string of the molecule is CCC(CCN)CCC(=O)Nc1cc(C)cc(C)n1. The fraction of sp³-hybridized carbons (Fsp3) is 0.600. The molecule has 1 rings (SSSR count). The van der Waals surface area contributed by atoms with E-state index in [9.17, 15) is 4.79 Å². The predicted molar refractivity (Wildman–Crippen MR) is 79.0 cm³/mol. The van der Waals surface area contributed by atoms with Crippen molar-refractivity contribution in [1.29, 1.82) is 0 Å². The summed E-state index contributed by atoms with van der Waals surface area (Å²) in [6.45, 7) is 6.76.